The molecule has 1 aromatic heterocycles. The van der Waals surface area contributed by atoms with Crippen molar-refractivity contribution < 1.29 is 0 Å². The molecule has 0 aliphatic rings. The fraction of sp³-hybridized carbons (Fsp3) is 0.571. The zero-order valence-corrected chi connectivity index (χ0v) is 17.8. The fourth-order valence-electron chi connectivity index (χ4n) is 1.88. The van der Waals surface area contributed by atoms with Crippen LogP contribution in [0.2, 0.25) is 0 Å². The molecule has 0 N–H and O–H groups in total. The molecule has 24 heavy (non-hydrogen) atoms. The van der Waals surface area contributed by atoms with E-state index in [0.717, 1.165) is 0 Å². The van der Waals surface area contributed by atoms with E-state index in [-0.39, 0.29) is 10.7 Å². The average Bonchev–Trinajstić information content (AvgIpc) is 2.43. The van der Waals surface area contributed by atoms with Crippen LogP contribution in [-0.2, 0) is 14.1 Å². The molecule has 10 heteroatoms. The van der Waals surface area contributed by atoms with Gasteiger partial charge in [0.15, 0.2) is 7.59 Å². The van der Waals surface area contributed by atoms with E-state index in [0.29, 0.717) is 0 Å². The summed E-state index contributed by atoms with van der Waals surface area (Å²) in [5.41, 5.74) is -0.859. The lowest BCUT2D eigenvalue weighted by Crippen LogP contribution is -2.57. The van der Waals surface area contributed by atoms with Crippen LogP contribution in [0.3, 0.4) is 0 Å². The molecule has 1 heterocycles. The molecule has 0 amide bonds. The van der Waals surface area contributed by atoms with Gasteiger partial charge >= 0.3 is 0 Å². The van der Waals surface area contributed by atoms with E-state index in [2.05, 4.69) is 0 Å². The first-order chi connectivity index (χ1) is 10.7. The molecule has 0 aromatic carbocycles. The van der Waals surface area contributed by atoms with Crippen molar-refractivity contribution in [3.8, 4) is 0 Å². The standard InChI is InChI=1S/C14H16Cl6N2O2/c1-7(13(15,16)17)5-9-11(23)22(4)10(12(24)21(9)3)6-8(2)14(18,19)20/h5-8H,1-4H3. The van der Waals surface area contributed by atoms with Crippen molar-refractivity contribution in [3.63, 3.8) is 0 Å². The van der Waals surface area contributed by atoms with Crippen molar-refractivity contribution in [2.24, 2.45) is 25.9 Å². The molecule has 1 rings (SSSR count). The van der Waals surface area contributed by atoms with Gasteiger partial charge < -0.3 is 9.13 Å². The summed E-state index contributed by atoms with van der Waals surface area (Å²) in [6.45, 7) is 3.25. The second-order valence-electron chi connectivity index (χ2n) is 5.49. The highest BCUT2D eigenvalue weighted by Gasteiger charge is 2.28. The Bertz CT molecular complexity index is 773. The Kier molecular flexibility index (Phi) is 7.22. The Morgan fingerprint density at radius 2 is 1.00 bits per heavy atom. The predicted molar refractivity (Wildman–Crippen MR) is 104 cm³/mol. The second kappa shape index (κ2) is 7.81. The monoisotopic (exact) mass is 454 g/mol. The van der Waals surface area contributed by atoms with E-state index in [9.17, 15) is 9.59 Å². The maximum absolute atomic E-state index is 12.6. The summed E-state index contributed by atoms with van der Waals surface area (Å²) < 4.78 is -0.829. The summed E-state index contributed by atoms with van der Waals surface area (Å²) in [6, 6.07) is 0. The molecule has 1 aromatic rings. The van der Waals surface area contributed by atoms with Gasteiger partial charge in [0.05, 0.1) is 0 Å². The van der Waals surface area contributed by atoms with Crippen molar-refractivity contribution in [1.29, 1.82) is 0 Å². The third kappa shape index (κ3) is 5.09. The molecule has 0 bridgehead atoms. The zero-order chi connectivity index (χ0) is 19.0. The van der Waals surface area contributed by atoms with Gasteiger partial charge in [-0.15, -0.1) is 0 Å². The average molecular weight is 457 g/mol. The molecule has 4 nitrogen and oxygen atoms in total. The third-order valence-electron chi connectivity index (χ3n) is 3.62. The first kappa shape index (κ1) is 22.2. The SMILES string of the molecule is CC(C=c1c(=O)n(C)c(=CC(C)C(Cl)(Cl)Cl)c(=O)n1C)C(Cl)(Cl)Cl. The Balaban J connectivity index is 3.78. The molecule has 2 atom stereocenters. The molecular formula is C14H16Cl6N2O2. The molecule has 2 unspecified atom stereocenters. The van der Waals surface area contributed by atoms with Crippen molar-refractivity contribution in [1.82, 2.24) is 9.13 Å². The highest BCUT2D eigenvalue weighted by atomic mass is 35.6. The van der Waals surface area contributed by atoms with E-state index in [1.807, 2.05) is 0 Å². The minimum absolute atomic E-state index is 0.111. The zero-order valence-electron chi connectivity index (χ0n) is 13.3. The van der Waals surface area contributed by atoms with Crippen LogP contribution in [0, 0.1) is 11.8 Å². The summed E-state index contributed by atoms with van der Waals surface area (Å²) in [6.07, 6.45) is 2.89. The largest absolute Gasteiger partial charge is 0.306 e. The number of aromatic nitrogens is 2. The van der Waals surface area contributed by atoms with Crippen LogP contribution in [-0.4, -0.2) is 16.7 Å². The minimum atomic E-state index is -1.60. The van der Waals surface area contributed by atoms with Gasteiger partial charge in [-0.05, 0) is 12.2 Å². The molecular weight excluding hydrogens is 441 g/mol. The maximum atomic E-state index is 12.6. The third-order valence-corrected chi connectivity index (χ3v) is 5.68. The molecule has 136 valence electrons. The number of rotatable bonds is 2. The van der Waals surface area contributed by atoms with E-state index in [1.165, 1.54) is 35.4 Å². The molecule has 0 aliphatic carbocycles. The lowest BCUT2D eigenvalue weighted by molar-refractivity contribution is 0.675. The first-order valence-corrected chi connectivity index (χ1v) is 9.07. The van der Waals surface area contributed by atoms with Gasteiger partial charge in [0, 0.05) is 25.9 Å². The van der Waals surface area contributed by atoms with Gasteiger partial charge in [-0.2, -0.15) is 0 Å². The molecule has 0 saturated heterocycles. The maximum Gasteiger partial charge on any atom is 0.274 e. The smallest absolute Gasteiger partial charge is 0.274 e. The Morgan fingerprint density at radius 3 is 1.21 bits per heavy atom. The molecule has 0 spiro atoms. The van der Waals surface area contributed by atoms with Crippen LogP contribution < -0.4 is 21.8 Å². The summed E-state index contributed by atoms with van der Waals surface area (Å²) in [4.78, 5) is 25.2. The van der Waals surface area contributed by atoms with Crippen LogP contribution in [0.5, 0.6) is 0 Å². The van der Waals surface area contributed by atoms with Gasteiger partial charge in [-0.1, -0.05) is 83.5 Å². The Labute approximate surface area is 169 Å². The number of hydrogen-bond donors (Lipinski definition) is 0. The quantitative estimate of drug-likeness (QED) is 0.642. The van der Waals surface area contributed by atoms with Gasteiger partial charge in [0.2, 0.25) is 0 Å². The summed E-state index contributed by atoms with van der Waals surface area (Å²) in [5.74, 6) is -1.17. The van der Waals surface area contributed by atoms with Crippen molar-refractivity contribution in [2.45, 2.75) is 21.4 Å². The number of hydrogen-bond acceptors (Lipinski definition) is 2. The first-order valence-electron chi connectivity index (χ1n) is 6.81. The second-order valence-corrected chi connectivity index (χ2v) is 10.2. The minimum Gasteiger partial charge on any atom is -0.306 e. The predicted octanol–water partition coefficient (Wildman–Crippen LogP) is 2.66. The van der Waals surface area contributed by atoms with E-state index in [4.69, 9.17) is 69.6 Å². The van der Waals surface area contributed by atoms with Gasteiger partial charge in [-0.3, -0.25) is 9.59 Å². The molecule has 0 saturated carbocycles. The number of alkyl halides is 6. The fourth-order valence-corrected chi connectivity index (χ4v) is 2.26. The van der Waals surface area contributed by atoms with Gasteiger partial charge in [0.1, 0.15) is 10.7 Å². The van der Waals surface area contributed by atoms with Gasteiger partial charge in [0.25, 0.3) is 11.1 Å². The van der Waals surface area contributed by atoms with Crippen LogP contribution in [0.15, 0.2) is 9.59 Å². The Morgan fingerprint density at radius 1 is 0.750 bits per heavy atom. The summed E-state index contributed by atoms with van der Waals surface area (Å²) >= 11 is 34.9. The molecule has 0 fully saturated rings. The number of nitrogens with zero attached hydrogens (tertiary/aromatic N) is 2. The van der Waals surface area contributed by atoms with Crippen molar-refractivity contribution in [3.05, 3.63) is 31.4 Å². The van der Waals surface area contributed by atoms with Crippen LogP contribution in [0.1, 0.15) is 13.8 Å². The van der Waals surface area contributed by atoms with Gasteiger partial charge in [-0.25, -0.2) is 0 Å². The normalized spacial score (nSPS) is 17.2. The van der Waals surface area contributed by atoms with Crippen LogP contribution >= 0.6 is 69.6 Å². The van der Waals surface area contributed by atoms with Crippen LogP contribution in [0.4, 0.5) is 0 Å². The van der Waals surface area contributed by atoms with E-state index >= 15 is 0 Å². The number of halogens is 6. The molecule has 0 radical (unpaired) electrons. The van der Waals surface area contributed by atoms with E-state index in [1.54, 1.807) is 13.8 Å². The van der Waals surface area contributed by atoms with E-state index < -0.39 is 30.5 Å². The van der Waals surface area contributed by atoms with Crippen molar-refractivity contribution in [2.75, 3.05) is 0 Å². The topological polar surface area (TPSA) is 44.0 Å². The van der Waals surface area contributed by atoms with Crippen molar-refractivity contribution >= 4 is 81.8 Å². The molecule has 0 aliphatic heterocycles. The summed E-state index contributed by atoms with van der Waals surface area (Å²) in [5, 5.41) is 0.222. The lowest BCUT2D eigenvalue weighted by Gasteiger charge is -2.17. The lowest BCUT2D eigenvalue weighted by atomic mass is 10.2. The van der Waals surface area contributed by atoms with Crippen LogP contribution in [0.25, 0.3) is 12.2 Å². The highest BCUT2D eigenvalue weighted by Crippen LogP contribution is 2.36. The highest BCUT2D eigenvalue weighted by molar-refractivity contribution is 6.68. The Hall–Kier alpha value is 0.160. The summed E-state index contributed by atoms with van der Waals surface area (Å²) in [7, 11) is 2.91.